The Balaban J connectivity index is 1.46. The largest absolute Gasteiger partial charge is 0.861 e. The number of allylic oxidation sites excluding steroid dienone is 1. The van der Waals surface area contributed by atoms with Crippen molar-refractivity contribution in [3.8, 4) is 0 Å². The summed E-state index contributed by atoms with van der Waals surface area (Å²) in [4.78, 5) is 15.7. The van der Waals surface area contributed by atoms with E-state index in [0.29, 0.717) is 49.3 Å². The van der Waals surface area contributed by atoms with Gasteiger partial charge in [0.2, 0.25) is 0 Å². The molecule has 0 heterocycles. The van der Waals surface area contributed by atoms with Crippen molar-refractivity contribution in [1.82, 2.24) is 0 Å². The summed E-state index contributed by atoms with van der Waals surface area (Å²) in [5.41, 5.74) is -2.89. The number of carbonyl (C=O) groups is 1. The minimum Gasteiger partial charge on any atom is -0.861 e. The molecule has 6 atom stereocenters. The third-order valence-corrected chi connectivity index (χ3v) is 10.1. The number of hydrogen-bond acceptors (Lipinski definition) is 3. The van der Waals surface area contributed by atoms with Gasteiger partial charge in [-0.15, -0.1) is 0 Å². The highest BCUT2D eigenvalue weighted by molar-refractivity contribution is 5.91. The highest BCUT2D eigenvalue weighted by Crippen LogP contribution is 2.66. The van der Waals surface area contributed by atoms with Crippen LogP contribution in [0.1, 0.15) is 76.3 Å². The molecule has 3 fully saturated rings. The summed E-state index contributed by atoms with van der Waals surface area (Å²) in [6.07, 6.45) is -2.13. The lowest BCUT2D eigenvalue weighted by Gasteiger charge is -2.58. The Morgan fingerprint density at radius 3 is 2.35 bits per heavy atom. The van der Waals surface area contributed by atoms with Gasteiger partial charge in [0.1, 0.15) is 0 Å². The standard InChI is InChI=1S/C28H31F6NO2/c1-25-11-9-17(36)13-15(25)3-5-18-19-7-8-22(26(19,2)12-10-20(18)25)24(37)35-23-14-16(27(29,30)31)4-6-21(23)28(32,33)34/h4,6,13-14,18-20,22H,3,5,7-12H2,1-2H3,(H,35,37)/p-1/t18?,19?,20?,22-,25+,26+/m1/s1. The van der Waals surface area contributed by atoms with Gasteiger partial charge in [-0.3, -0.25) is 9.79 Å². The Kier molecular flexibility index (Phi) is 6.11. The molecule has 0 radical (unpaired) electrons. The Morgan fingerprint density at radius 2 is 1.68 bits per heavy atom. The van der Waals surface area contributed by atoms with E-state index in [-0.39, 0.29) is 17.1 Å². The molecule has 0 aromatic heterocycles. The predicted octanol–water partition coefficient (Wildman–Crippen LogP) is 7.26. The first kappa shape index (κ1) is 26.3. The number of aliphatic imine (C=N–C) groups is 1. The number of alkyl halides is 6. The normalized spacial score (nSPS) is 36.5. The quantitative estimate of drug-likeness (QED) is 0.231. The molecule has 9 heteroatoms. The van der Waals surface area contributed by atoms with E-state index in [4.69, 9.17) is 0 Å². The average Bonchev–Trinajstić information content (AvgIpc) is 3.15. The predicted molar refractivity (Wildman–Crippen MR) is 124 cm³/mol. The van der Waals surface area contributed by atoms with E-state index in [1.165, 1.54) is 5.57 Å². The van der Waals surface area contributed by atoms with Gasteiger partial charge in [0.25, 0.3) is 0 Å². The molecule has 1 aromatic rings. The van der Waals surface area contributed by atoms with E-state index in [0.717, 1.165) is 32.1 Å². The minimum absolute atomic E-state index is 0.0513. The Labute approximate surface area is 212 Å². The molecule has 37 heavy (non-hydrogen) atoms. The van der Waals surface area contributed by atoms with Gasteiger partial charge in [0.15, 0.2) is 5.78 Å². The topological polar surface area (TPSA) is 52.5 Å². The van der Waals surface area contributed by atoms with E-state index >= 15 is 0 Å². The second-order valence-corrected chi connectivity index (χ2v) is 11.8. The SMILES string of the molecule is C[C@]12CCC(=O)C=C1CCC1C2CC[C@@]2(C)C1CC[C@@H]2C([O-])=Nc1cc(C(F)(F)F)ccc1C(F)(F)F. The first-order valence-electron chi connectivity index (χ1n) is 12.9. The van der Waals surface area contributed by atoms with Crippen LogP contribution in [0.15, 0.2) is 34.8 Å². The maximum absolute atomic E-state index is 13.6. The van der Waals surface area contributed by atoms with Gasteiger partial charge >= 0.3 is 12.4 Å². The Hall–Kier alpha value is -2.32. The van der Waals surface area contributed by atoms with Crippen LogP contribution in [0.25, 0.3) is 0 Å². The molecule has 0 saturated heterocycles. The summed E-state index contributed by atoms with van der Waals surface area (Å²) in [6.45, 7) is 4.25. The number of halogens is 6. The summed E-state index contributed by atoms with van der Waals surface area (Å²) in [5, 5.41) is 13.3. The van der Waals surface area contributed by atoms with E-state index in [9.17, 15) is 36.2 Å². The van der Waals surface area contributed by atoms with Gasteiger partial charge in [0, 0.05) is 6.42 Å². The maximum atomic E-state index is 13.6. The molecule has 0 spiro atoms. The monoisotopic (exact) mass is 526 g/mol. The van der Waals surface area contributed by atoms with Crippen LogP contribution in [-0.4, -0.2) is 11.7 Å². The molecule has 0 N–H and O–H groups in total. The maximum Gasteiger partial charge on any atom is 0.418 e. The molecular formula is C28H30F6NO2-. The van der Waals surface area contributed by atoms with Crippen LogP contribution in [0.2, 0.25) is 0 Å². The van der Waals surface area contributed by atoms with Gasteiger partial charge in [-0.1, -0.05) is 19.4 Å². The Morgan fingerprint density at radius 1 is 0.946 bits per heavy atom. The van der Waals surface area contributed by atoms with Gasteiger partial charge in [-0.25, -0.2) is 0 Å². The van der Waals surface area contributed by atoms with Crippen LogP contribution in [0.3, 0.4) is 0 Å². The van der Waals surface area contributed by atoms with Crippen LogP contribution in [0.4, 0.5) is 32.0 Å². The third-order valence-electron chi connectivity index (χ3n) is 10.1. The van der Waals surface area contributed by atoms with Crippen LogP contribution in [-0.2, 0) is 17.1 Å². The highest BCUT2D eigenvalue weighted by atomic mass is 19.4. The number of rotatable bonds is 2. The molecule has 3 saturated carbocycles. The number of benzene rings is 1. The molecule has 0 amide bonds. The number of carbonyl (C=O) groups excluding carboxylic acids is 1. The van der Waals surface area contributed by atoms with Crippen LogP contribution < -0.4 is 5.11 Å². The van der Waals surface area contributed by atoms with E-state index in [1.807, 2.05) is 13.0 Å². The van der Waals surface area contributed by atoms with E-state index in [1.54, 1.807) is 0 Å². The van der Waals surface area contributed by atoms with Crippen molar-refractivity contribution in [2.75, 3.05) is 0 Å². The second-order valence-electron chi connectivity index (χ2n) is 11.8. The van der Waals surface area contributed by atoms with Crippen molar-refractivity contribution < 1.29 is 36.2 Å². The third kappa shape index (κ3) is 4.30. The lowest BCUT2D eigenvalue weighted by Crippen LogP contribution is -2.51. The summed E-state index contributed by atoms with van der Waals surface area (Å²) in [7, 11) is 0. The molecule has 0 bridgehead atoms. The first-order valence-corrected chi connectivity index (χ1v) is 12.9. The second kappa shape index (κ2) is 8.60. The van der Waals surface area contributed by atoms with Gasteiger partial charge < -0.3 is 5.11 Å². The van der Waals surface area contributed by atoms with E-state index < -0.39 is 46.4 Å². The lowest BCUT2D eigenvalue weighted by atomic mass is 9.47. The molecule has 4 aliphatic carbocycles. The fourth-order valence-corrected chi connectivity index (χ4v) is 8.20. The number of ketones is 1. The fourth-order valence-electron chi connectivity index (χ4n) is 8.20. The van der Waals surface area contributed by atoms with Gasteiger partial charge in [-0.2, -0.15) is 26.3 Å². The van der Waals surface area contributed by atoms with Crippen molar-refractivity contribution in [1.29, 1.82) is 0 Å². The van der Waals surface area contributed by atoms with Crippen LogP contribution >= 0.6 is 0 Å². The number of hydrogen-bond donors (Lipinski definition) is 0. The van der Waals surface area contributed by atoms with Crippen molar-refractivity contribution >= 4 is 17.4 Å². The smallest absolute Gasteiger partial charge is 0.418 e. The summed E-state index contributed by atoms with van der Waals surface area (Å²) < 4.78 is 80.3. The molecule has 3 nitrogen and oxygen atoms in total. The fraction of sp³-hybridized carbons (Fsp3) is 0.643. The average molecular weight is 527 g/mol. The molecule has 1 aromatic carbocycles. The van der Waals surface area contributed by atoms with Crippen molar-refractivity contribution in [2.45, 2.75) is 77.6 Å². The zero-order chi connectivity index (χ0) is 27.0. The molecule has 202 valence electrons. The van der Waals surface area contributed by atoms with Gasteiger partial charge in [-0.05, 0) is 110 Å². The first-order chi connectivity index (χ1) is 17.1. The summed E-state index contributed by atoms with van der Waals surface area (Å²) >= 11 is 0. The summed E-state index contributed by atoms with van der Waals surface area (Å²) in [5.74, 6) is -0.315. The Bertz CT molecular complexity index is 1170. The number of nitrogens with zero attached hydrogens (tertiary/aromatic N) is 1. The minimum atomic E-state index is -4.94. The van der Waals surface area contributed by atoms with Gasteiger partial charge in [0.05, 0.1) is 16.8 Å². The molecular weight excluding hydrogens is 496 g/mol. The zero-order valence-corrected chi connectivity index (χ0v) is 20.8. The zero-order valence-electron chi connectivity index (χ0n) is 20.8. The highest BCUT2D eigenvalue weighted by Gasteiger charge is 2.59. The molecule has 5 rings (SSSR count). The molecule has 0 aliphatic heterocycles. The molecule has 3 unspecified atom stereocenters. The van der Waals surface area contributed by atoms with Crippen molar-refractivity contribution in [3.63, 3.8) is 0 Å². The van der Waals surface area contributed by atoms with Crippen LogP contribution in [0.5, 0.6) is 0 Å². The lowest BCUT2D eigenvalue weighted by molar-refractivity contribution is -0.229. The van der Waals surface area contributed by atoms with Crippen molar-refractivity contribution in [2.24, 2.45) is 39.5 Å². The van der Waals surface area contributed by atoms with Crippen LogP contribution in [0, 0.1) is 34.5 Å². The van der Waals surface area contributed by atoms with Crippen molar-refractivity contribution in [3.05, 3.63) is 41.0 Å². The number of fused-ring (bicyclic) bond motifs is 5. The molecule has 4 aliphatic rings. The summed E-state index contributed by atoms with van der Waals surface area (Å²) in [6, 6.07) is 1.04. The van der Waals surface area contributed by atoms with E-state index in [2.05, 4.69) is 11.9 Å².